The van der Waals surface area contributed by atoms with E-state index in [1.165, 1.54) is 24.3 Å². The Bertz CT molecular complexity index is 803. The van der Waals surface area contributed by atoms with Crippen LogP contribution in [0.25, 0.3) is 0 Å². The minimum absolute atomic E-state index is 0.0642. The van der Waals surface area contributed by atoms with Crippen molar-refractivity contribution in [3.63, 3.8) is 0 Å². The Kier molecular flexibility index (Phi) is 6.23. The van der Waals surface area contributed by atoms with Gasteiger partial charge in [-0.05, 0) is 42.3 Å². The molecule has 0 spiro atoms. The number of benzene rings is 1. The highest BCUT2D eigenvalue weighted by Gasteiger charge is 2.31. The minimum Gasteiger partial charge on any atom is -0.353 e. The van der Waals surface area contributed by atoms with Gasteiger partial charge in [-0.3, -0.25) is 9.59 Å². The van der Waals surface area contributed by atoms with E-state index in [1.807, 2.05) is 32.0 Å². The van der Waals surface area contributed by atoms with E-state index in [2.05, 4.69) is 15.2 Å². The number of piperazine rings is 1. The third kappa shape index (κ3) is 4.65. The number of halogens is 1. The topological polar surface area (TPSA) is 65.5 Å². The van der Waals surface area contributed by atoms with Gasteiger partial charge in [0.15, 0.2) is 0 Å². The van der Waals surface area contributed by atoms with E-state index in [0.717, 1.165) is 5.82 Å². The van der Waals surface area contributed by atoms with Gasteiger partial charge < -0.3 is 15.1 Å². The Morgan fingerprint density at radius 2 is 1.71 bits per heavy atom. The monoisotopic (exact) mass is 384 g/mol. The van der Waals surface area contributed by atoms with E-state index in [9.17, 15) is 14.0 Å². The van der Waals surface area contributed by atoms with Crippen molar-refractivity contribution in [2.45, 2.75) is 19.9 Å². The van der Waals surface area contributed by atoms with Crippen molar-refractivity contribution in [1.29, 1.82) is 0 Å². The summed E-state index contributed by atoms with van der Waals surface area (Å²) in [5.74, 6) is -0.0329. The molecule has 3 rings (SSSR count). The molecule has 0 radical (unpaired) electrons. The van der Waals surface area contributed by atoms with Gasteiger partial charge in [0, 0.05) is 37.9 Å². The minimum atomic E-state index is -0.626. The first-order chi connectivity index (χ1) is 13.5. The predicted octanol–water partition coefficient (Wildman–Crippen LogP) is 2.32. The number of nitrogens with zero attached hydrogens (tertiary/aromatic N) is 3. The number of hydrogen-bond acceptors (Lipinski definition) is 4. The molecule has 7 heteroatoms. The van der Waals surface area contributed by atoms with Crippen molar-refractivity contribution < 1.29 is 14.0 Å². The summed E-state index contributed by atoms with van der Waals surface area (Å²) < 4.78 is 13.1. The highest BCUT2D eigenvalue weighted by atomic mass is 19.1. The molecule has 1 aliphatic heterocycles. The molecule has 1 saturated heterocycles. The van der Waals surface area contributed by atoms with Gasteiger partial charge in [0.1, 0.15) is 17.7 Å². The molecule has 1 aromatic carbocycles. The predicted molar refractivity (Wildman–Crippen MR) is 106 cm³/mol. The quantitative estimate of drug-likeness (QED) is 0.859. The van der Waals surface area contributed by atoms with Crippen LogP contribution >= 0.6 is 0 Å². The Morgan fingerprint density at radius 3 is 2.29 bits per heavy atom. The molecule has 6 nitrogen and oxygen atoms in total. The Balaban J connectivity index is 1.62. The average molecular weight is 384 g/mol. The lowest BCUT2D eigenvalue weighted by atomic mass is 10.0. The summed E-state index contributed by atoms with van der Waals surface area (Å²) in [6.45, 7) is 6.34. The van der Waals surface area contributed by atoms with Gasteiger partial charge in [0.25, 0.3) is 5.91 Å². The molecule has 1 aliphatic rings. The molecule has 0 aliphatic carbocycles. The molecule has 1 N–H and O–H groups in total. The molecule has 1 aromatic heterocycles. The van der Waals surface area contributed by atoms with Gasteiger partial charge in [-0.1, -0.05) is 19.9 Å². The zero-order chi connectivity index (χ0) is 20.1. The Labute approximate surface area is 164 Å². The number of rotatable bonds is 5. The van der Waals surface area contributed by atoms with Gasteiger partial charge in [-0.25, -0.2) is 9.37 Å². The molecule has 1 atom stereocenters. The van der Waals surface area contributed by atoms with Crippen LogP contribution in [0.3, 0.4) is 0 Å². The van der Waals surface area contributed by atoms with Crippen LogP contribution < -0.4 is 10.2 Å². The lowest BCUT2D eigenvalue weighted by Gasteiger charge is -2.37. The smallest absolute Gasteiger partial charge is 0.251 e. The molecule has 28 heavy (non-hydrogen) atoms. The van der Waals surface area contributed by atoms with Gasteiger partial charge >= 0.3 is 0 Å². The maximum Gasteiger partial charge on any atom is 0.251 e. The number of pyridine rings is 1. The van der Waals surface area contributed by atoms with E-state index in [0.29, 0.717) is 31.7 Å². The van der Waals surface area contributed by atoms with Crippen molar-refractivity contribution in [3.8, 4) is 0 Å². The molecular weight excluding hydrogens is 359 g/mol. The summed E-state index contributed by atoms with van der Waals surface area (Å²) in [6, 6.07) is 10.4. The van der Waals surface area contributed by atoms with Crippen LogP contribution in [0.5, 0.6) is 0 Å². The summed E-state index contributed by atoms with van der Waals surface area (Å²) in [7, 11) is 0. The van der Waals surface area contributed by atoms with E-state index < -0.39 is 11.9 Å². The largest absolute Gasteiger partial charge is 0.353 e. The molecule has 148 valence electrons. The van der Waals surface area contributed by atoms with Crippen LogP contribution in [0.2, 0.25) is 0 Å². The molecule has 2 aromatic rings. The lowest BCUT2D eigenvalue weighted by Crippen LogP contribution is -2.56. The SMILES string of the molecule is CC(C)[C@H](NC(=O)c1ccc(F)cc1)C(=O)N1CCN(c2ccccn2)CC1. The van der Waals surface area contributed by atoms with Crippen molar-refractivity contribution in [1.82, 2.24) is 15.2 Å². The fourth-order valence-corrected chi connectivity index (χ4v) is 3.23. The average Bonchev–Trinajstić information content (AvgIpc) is 2.72. The maximum absolute atomic E-state index is 13.1. The highest BCUT2D eigenvalue weighted by molar-refractivity contribution is 5.97. The van der Waals surface area contributed by atoms with Crippen molar-refractivity contribution in [3.05, 3.63) is 60.0 Å². The number of hydrogen-bond donors (Lipinski definition) is 1. The van der Waals surface area contributed by atoms with Gasteiger partial charge in [-0.2, -0.15) is 0 Å². The summed E-state index contributed by atoms with van der Waals surface area (Å²) in [5, 5.41) is 2.81. The fraction of sp³-hybridized carbons (Fsp3) is 0.381. The second-order valence-corrected chi connectivity index (χ2v) is 7.20. The second-order valence-electron chi connectivity index (χ2n) is 7.20. The van der Waals surface area contributed by atoms with Crippen molar-refractivity contribution in [2.75, 3.05) is 31.1 Å². The maximum atomic E-state index is 13.1. The summed E-state index contributed by atoms with van der Waals surface area (Å²) in [4.78, 5) is 33.8. The molecule has 1 fully saturated rings. The van der Waals surface area contributed by atoms with Crippen LogP contribution in [0.15, 0.2) is 48.7 Å². The van der Waals surface area contributed by atoms with Crippen LogP contribution in [0, 0.1) is 11.7 Å². The first kappa shape index (κ1) is 19.8. The number of carbonyl (C=O) groups is 2. The van der Waals surface area contributed by atoms with Gasteiger partial charge in [0.2, 0.25) is 5.91 Å². The number of nitrogens with one attached hydrogen (secondary N) is 1. The lowest BCUT2D eigenvalue weighted by molar-refractivity contribution is -0.134. The van der Waals surface area contributed by atoms with Gasteiger partial charge in [-0.15, -0.1) is 0 Å². The Morgan fingerprint density at radius 1 is 1.04 bits per heavy atom. The van der Waals surface area contributed by atoms with Crippen molar-refractivity contribution in [2.24, 2.45) is 5.92 Å². The van der Waals surface area contributed by atoms with Crippen LogP contribution in [-0.4, -0.2) is 53.9 Å². The van der Waals surface area contributed by atoms with Crippen LogP contribution in [-0.2, 0) is 4.79 Å². The molecule has 2 amide bonds. The second kappa shape index (κ2) is 8.82. The molecule has 2 heterocycles. The molecule has 0 saturated carbocycles. The van der Waals surface area contributed by atoms with Crippen molar-refractivity contribution >= 4 is 17.6 Å². The van der Waals surface area contributed by atoms with E-state index in [1.54, 1.807) is 11.1 Å². The fourth-order valence-electron chi connectivity index (χ4n) is 3.23. The summed E-state index contributed by atoms with van der Waals surface area (Å²) >= 11 is 0. The first-order valence-electron chi connectivity index (χ1n) is 9.47. The number of anilines is 1. The standard InChI is InChI=1S/C21H25FN4O2/c1-15(2)19(24-20(27)16-6-8-17(22)9-7-16)21(28)26-13-11-25(12-14-26)18-5-3-4-10-23-18/h3-10,15,19H,11-14H2,1-2H3,(H,24,27)/t19-/m0/s1. The summed E-state index contributed by atoms with van der Waals surface area (Å²) in [6.07, 6.45) is 1.76. The van der Waals surface area contributed by atoms with Crippen LogP contribution in [0.1, 0.15) is 24.2 Å². The zero-order valence-electron chi connectivity index (χ0n) is 16.1. The van der Waals surface area contributed by atoms with E-state index in [4.69, 9.17) is 0 Å². The number of carbonyl (C=O) groups excluding carboxylic acids is 2. The summed E-state index contributed by atoms with van der Waals surface area (Å²) in [5.41, 5.74) is 0.333. The van der Waals surface area contributed by atoms with E-state index >= 15 is 0 Å². The molecule has 0 bridgehead atoms. The Hall–Kier alpha value is -2.96. The van der Waals surface area contributed by atoms with Gasteiger partial charge in [0.05, 0.1) is 0 Å². The molecule has 0 unspecified atom stereocenters. The van der Waals surface area contributed by atoms with E-state index in [-0.39, 0.29) is 17.7 Å². The normalized spacial score (nSPS) is 15.4. The number of amides is 2. The number of aromatic nitrogens is 1. The molecular formula is C21H25FN4O2. The first-order valence-corrected chi connectivity index (χ1v) is 9.47. The third-order valence-corrected chi connectivity index (χ3v) is 4.89. The third-order valence-electron chi connectivity index (χ3n) is 4.89. The highest BCUT2D eigenvalue weighted by Crippen LogP contribution is 2.15. The zero-order valence-corrected chi connectivity index (χ0v) is 16.1. The van der Waals surface area contributed by atoms with Crippen LogP contribution in [0.4, 0.5) is 10.2 Å².